The third-order valence-electron chi connectivity index (χ3n) is 4.80. The third-order valence-corrected chi connectivity index (χ3v) is 4.80. The highest BCUT2D eigenvalue weighted by atomic mass is 19.3. The zero-order valence-corrected chi connectivity index (χ0v) is 17.2. The van der Waals surface area contributed by atoms with Crippen LogP contribution in [0.15, 0.2) is 42.5 Å². The molecule has 1 aliphatic heterocycles. The molecule has 1 N–H and O–H groups in total. The number of para-hydroxylation sites is 1. The summed E-state index contributed by atoms with van der Waals surface area (Å²) >= 11 is 0. The molecule has 3 rings (SSSR count). The van der Waals surface area contributed by atoms with Gasteiger partial charge in [-0.3, -0.25) is 9.69 Å². The van der Waals surface area contributed by atoms with E-state index in [0.717, 1.165) is 18.7 Å². The van der Waals surface area contributed by atoms with Crippen LogP contribution in [0.5, 0.6) is 11.5 Å². The molecule has 2 aromatic rings. The number of hydrogen-bond acceptors (Lipinski definition) is 5. The minimum atomic E-state index is -2.98. The number of ether oxygens (including phenoxy) is 3. The molecule has 0 radical (unpaired) electrons. The van der Waals surface area contributed by atoms with E-state index in [1.54, 1.807) is 0 Å². The van der Waals surface area contributed by atoms with Crippen molar-refractivity contribution in [2.45, 2.75) is 39.2 Å². The number of nitrogens with zero attached hydrogens (tertiary/aromatic N) is 1. The van der Waals surface area contributed by atoms with Crippen LogP contribution in [0.4, 0.5) is 14.5 Å². The Kier molecular flexibility index (Phi) is 7.23. The largest absolute Gasteiger partial charge is 0.493 e. The van der Waals surface area contributed by atoms with E-state index in [2.05, 4.69) is 15.0 Å². The Hall–Kier alpha value is -2.71. The maximum Gasteiger partial charge on any atom is 0.387 e. The Labute approximate surface area is 174 Å². The number of nitrogens with one attached hydrogen (secondary N) is 1. The standard InChI is InChI=1S/C22H26F2N2O4/c1-14-11-26(12-15(2)29-14)13-17-6-4-5-7-18(17)25-21(27)16-8-9-19(30-22(23)24)20(10-16)28-3/h4-10,14-15,22H,11-13H2,1-3H3,(H,25,27). The van der Waals surface area contributed by atoms with Crippen LogP contribution in [-0.4, -0.2) is 49.8 Å². The molecule has 2 atom stereocenters. The highest BCUT2D eigenvalue weighted by Crippen LogP contribution is 2.30. The van der Waals surface area contributed by atoms with Gasteiger partial charge in [0.25, 0.3) is 5.91 Å². The number of halogens is 2. The third kappa shape index (κ3) is 5.67. The summed E-state index contributed by atoms with van der Waals surface area (Å²) in [6.45, 7) is 3.43. The van der Waals surface area contributed by atoms with Gasteiger partial charge in [-0.05, 0) is 43.7 Å². The maximum atomic E-state index is 12.8. The molecule has 162 valence electrons. The number of anilines is 1. The lowest BCUT2D eigenvalue weighted by Crippen LogP contribution is -2.44. The van der Waals surface area contributed by atoms with Gasteiger partial charge in [0, 0.05) is 30.9 Å². The van der Waals surface area contributed by atoms with Crippen LogP contribution in [0.2, 0.25) is 0 Å². The Morgan fingerprint density at radius 3 is 2.53 bits per heavy atom. The molecule has 1 heterocycles. The summed E-state index contributed by atoms with van der Waals surface area (Å²) in [6, 6.07) is 11.7. The van der Waals surface area contributed by atoms with Crippen molar-refractivity contribution >= 4 is 11.6 Å². The molecule has 1 fully saturated rings. The number of rotatable bonds is 7. The average Bonchev–Trinajstić information content (AvgIpc) is 2.68. The minimum Gasteiger partial charge on any atom is -0.493 e. The van der Waals surface area contributed by atoms with Gasteiger partial charge in [0.1, 0.15) is 0 Å². The van der Waals surface area contributed by atoms with E-state index in [1.165, 1.54) is 25.3 Å². The lowest BCUT2D eigenvalue weighted by Gasteiger charge is -2.35. The van der Waals surface area contributed by atoms with E-state index >= 15 is 0 Å². The van der Waals surface area contributed by atoms with E-state index in [4.69, 9.17) is 9.47 Å². The number of methoxy groups -OCH3 is 1. The molecule has 0 saturated carbocycles. The van der Waals surface area contributed by atoms with E-state index in [1.807, 2.05) is 38.1 Å². The van der Waals surface area contributed by atoms with Crippen LogP contribution in [0.1, 0.15) is 29.8 Å². The van der Waals surface area contributed by atoms with Gasteiger partial charge in [-0.2, -0.15) is 8.78 Å². The summed E-state index contributed by atoms with van der Waals surface area (Å²) in [5, 5.41) is 2.91. The minimum absolute atomic E-state index is 0.0625. The molecule has 2 aromatic carbocycles. The van der Waals surface area contributed by atoms with Crippen molar-refractivity contribution in [2.75, 3.05) is 25.5 Å². The van der Waals surface area contributed by atoms with Gasteiger partial charge in [0.15, 0.2) is 11.5 Å². The predicted octanol–water partition coefficient (Wildman–Crippen LogP) is 4.16. The van der Waals surface area contributed by atoms with Crippen molar-refractivity contribution in [1.82, 2.24) is 4.90 Å². The summed E-state index contributed by atoms with van der Waals surface area (Å²) in [4.78, 5) is 15.1. The molecule has 0 aromatic heterocycles. The predicted molar refractivity (Wildman–Crippen MR) is 109 cm³/mol. The molecule has 6 nitrogen and oxygen atoms in total. The van der Waals surface area contributed by atoms with Crippen molar-refractivity contribution < 1.29 is 27.8 Å². The van der Waals surface area contributed by atoms with Gasteiger partial charge in [0.2, 0.25) is 0 Å². The fourth-order valence-electron chi connectivity index (χ4n) is 3.63. The van der Waals surface area contributed by atoms with Crippen LogP contribution >= 0.6 is 0 Å². The molecule has 8 heteroatoms. The molecule has 30 heavy (non-hydrogen) atoms. The molecule has 1 aliphatic rings. The van der Waals surface area contributed by atoms with Crippen LogP contribution in [-0.2, 0) is 11.3 Å². The van der Waals surface area contributed by atoms with E-state index in [9.17, 15) is 13.6 Å². The first-order valence-corrected chi connectivity index (χ1v) is 9.75. The quantitative estimate of drug-likeness (QED) is 0.729. The number of alkyl halides is 2. The summed E-state index contributed by atoms with van der Waals surface area (Å²) in [7, 11) is 1.33. The van der Waals surface area contributed by atoms with Crippen molar-refractivity contribution in [3.8, 4) is 11.5 Å². The van der Waals surface area contributed by atoms with Crippen LogP contribution in [0.3, 0.4) is 0 Å². The molecule has 0 spiro atoms. The van der Waals surface area contributed by atoms with Gasteiger partial charge >= 0.3 is 6.61 Å². The highest BCUT2D eigenvalue weighted by molar-refractivity contribution is 6.05. The van der Waals surface area contributed by atoms with Crippen LogP contribution in [0, 0.1) is 0 Å². The Bertz CT molecular complexity index is 868. The fourth-order valence-corrected chi connectivity index (χ4v) is 3.63. The molecule has 2 unspecified atom stereocenters. The van der Waals surface area contributed by atoms with Gasteiger partial charge in [0.05, 0.1) is 19.3 Å². The first kappa shape index (κ1) is 22.0. The second-order valence-electron chi connectivity index (χ2n) is 7.31. The maximum absolute atomic E-state index is 12.8. The topological polar surface area (TPSA) is 60.0 Å². The lowest BCUT2D eigenvalue weighted by atomic mass is 10.1. The van der Waals surface area contributed by atoms with Gasteiger partial charge < -0.3 is 19.5 Å². The Morgan fingerprint density at radius 2 is 1.87 bits per heavy atom. The normalized spacial score (nSPS) is 19.5. The molecule has 0 bridgehead atoms. The number of carbonyl (C=O) groups is 1. The van der Waals surface area contributed by atoms with Crippen molar-refractivity contribution in [3.63, 3.8) is 0 Å². The zero-order valence-electron chi connectivity index (χ0n) is 17.2. The molecule has 1 amide bonds. The number of morpholine rings is 1. The Morgan fingerprint density at radius 1 is 1.17 bits per heavy atom. The second-order valence-corrected chi connectivity index (χ2v) is 7.31. The average molecular weight is 420 g/mol. The number of carbonyl (C=O) groups excluding carboxylic acids is 1. The lowest BCUT2D eigenvalue weighted by molar-refractivity contribution is -0.0704. The molecule has 0 aliphatic carbocycles. The first-order valence-electron chi connectivity index (χ1n) is 9.75. The summed E-state index contributed by atoms with van der Waals surface area (Å²) in [6.07, 6.45) is 0.300. The Balaban J connectivity index is 1.74. The summed E-state index contributed by atoms with van der Waals surface area (Å²) < 4.78 is 40.3. The van der Waals surface area contributed by atoms with Gasteiger partial charge in [-0.15, -0.1) is 0 Å². The van der Waals surface area contributed by atoms with E-state index < -0.39 is 6.61 Å². The van der Waals surface area contributed by atoms with E-state index in [0.29, 0.717) is 12.2 Å². The molecular formula is C22H26F2N2O4. The van der Waals surface area contributed by atoms with Crippen molar-refractivity contribution in [1.29, 1.82) is 0 Å². The van der Waals surface area contributed by atoms with Crippen LogP contribution < -0.4 is 14.8 Å². The van der Waals surface area contributed by atoms with Gasteiger partial charge in [-0.25, -0.2) is 0 Å². The monoisotopic (exact) mass is 420 g/mol. The number of benzene rings is 2. The summed E-state index contributed by atoms with van der Waals surface area (Å²) in [5.41, 5.74) is 1.95. The zero-order chi connectivity index (χ0) is 21.7. The summed E-state index contributed by atoms with van der Waals surface area (Å²) in [5.74, 6) is -0.430. The van der Waals surface area contributed by atoms with Crippen LogP contribution in [0.25, 0.3) is 0 Å². The van der Waals surface area contributed by atoms with E-state index in [-0.39, 0.29) is 35.2 Å². The fraction of sp³-hybridized carbons (Fsp3) is 0.409. The molecular weight excluding hydrogens is 394 g/mol. The number of amides is 1. The molecule has 1 saturated heterocycles. The smallest absolute Gasteiger partial charge is 0.387 e. The van der Waals surface area contributed by atoms with Crippen molar-refractivity contribution in [3.05, 3.63) is 53.6 Å². The van der Waals surface area contributed by atoms with Crippen molar-refractivity contribution in [2.24, 2.45) is 0 Å². The SMILES string of the molecule is COc1cc(C(=O)Nc2ccccc2CN2CC(C)OC(C)C2)ccc1OC(F)F. The highest BCUT2D eigenvalue weighted by Gasteiger charge is 2.23. The second kappa shape index (κ2) is 9.86. The number of hydrogen-bond donors (Lipinski definition) is 1. The van der Waals surface area contributed by atoms with Gasteiger partial charge in [-0.1, -0.05) is 18.2 Å². The first-order chi connectivity index (χ1) is 14.4.